The third kappa shape index (κ3) is 1.49. The highest BCUT2D eigenvalue weighted by atomic mass is 19.3. The molecule has 1 heterocycles. The van der Waals surface area contributed by atoms with Crippen molar-refractivity contribution in [2.45, 2.75) is 13.3 Å². The first kappa shape index (κ1) is 8.83. The summed E-state index contributed by atoms with van der Waals surface area (Å²) in [4.78, 5) is 3.29. The topological polar surface area (TPSA) is 33.1 Å². The van der Waals surface area contributed by atoms with Crippen molar-refractivity contribution in [3.63, 3.8) is 0 Å². The van der Waals surface area contributed by atoms with Crippen LogP contribution in [0.2, 0.25) is 0 Å². The van der Waals surface area contributed by atoms with Crippen molar-refractivity contribution in [3.05, 3.63) is 23.3 Å². The normalized spacial score (nSPS) is 10.8. The van der Waals surface area contributed by atoms with E-state index in [0.717, 1.165) is 0 Å². The fourth-order valence-corrected chi connectivity index (χ4v) is 0.762. The molecule has 0 aliphatic carbocycles. The Morgan fingerprint density at radius 2 is 2.08 bits per heavy atom. The Bertz CT molecular complexity index is 278. The molecule has 0 aliphatic heterocycles. The predicted octanol–water partition coefficient (Wildman–Crippen LogP) is 2.17. The first-order valence-corrected chi connectivity index (χ1v) is 3.16. The zero-order valence-electron chi connectivity index (χ0n) is 6.18. The number of aromatic hydroxyl groups is 1. The summed E-state index contributed by atoms with van der Waals surface area (Å²) < 4.78 is 36.5. The van der Waals surface area contributed by atoms with Gasteiger partial charge in [-0.15, -0.1) is 0 Å². The lowest BCUT2D eigenvalue weighted by molar-refractivity contribution is 0.145. The molecular formula is C7H6F3NO. The molecule has 12 heavy (non-hydrogen) atoms. The fourth-order valence-electron chi connectivity index (χ4n) is 0.762. The highest BCUT2D eigenvalue weighted by molar-refractivity contribution is 5.29. The minimum Gasteiger partial charge on any atom is -0.504 e. The molecular weight excluding hydrogens is 171 g/mol. The molecule has 0 fully saturated rings. The average molecular weight is 177 g/mol. The molecule has 0 aromatic carbocycles. The number of alkyl halides is 2. The second kappa shape index (κ2) is 3.00. The number of aryl methyl sites for hydroxylation is 1. The van der Waals surface area contributed by atoms with Crippen LogP contribution in [0.5, 0.6) is 5.75 Å². The number of hydrogen-bond donors (Lipinski definition) is 1. The van der Waals surface area contributed by atoms with Crippen LogP contribution in [0.1, 0.15) is 17.8 Å². The van der Waals surface area contributed by atoms with Crippen LogP contribution in [0.15, 0.2) is 6.07 Å². The molecule has 1 N–H and O–H groups in total. The Morgan fingerprint density at radius 1 is 1.50 bits per heavy atom. The summed E-state index contributed by atoms with van der Waals surface area (Å²) in [7, 11) is 0. The van der Waals surface area contributed by atoms with Crippen LogP contribution in [0.25, 0.3) is 0 Å². The van der Waals surface area contributed by atoms with Gasteiger partial charge in [-0.05, 0) is 6.92 Å². The van der Waals surface area contributed by atoms with Crippen molar-refractivity contribution in [1.82, 2.24) is 4.98 Å². The lowest BCUT2D eigenvalue weighted by atomic mass is 10.3. The van der Waals surface area contributed by atoms with Crippen LogP contribution in [0.3, 0.4) is 0 Å². The largest absolute Gasteiger partial charge is 0.504 e. The van der Waals surface area contributed by atoms with Crippen LogP contribution in [-0.2, 0) is 0 Å². The predicted molar refractivity (Wildman–Crippen MR) is 35.6 cm³/mol. The molecule has 66 valence electrons. The molecule has 0 bridgehead atoms. The van der Waals surface area contributed by atoms with Gasteiger partial charge in [-0.3, -0.25) is 0 Å². The average Bonchev–Trinajstić information content (AvgIpc) is 1.99. The summed E-state index contributed by atoms with van der Waals surface area (Å²) in [5.74, 6) is -1.75. The van der Waals surface area contributed by atoms with Gasteiger partial charge in [-0.2, -0.15) is 0 Å². The lowest BCUT2D eigenvalue weighted by Crippen LogP contribution is -1.95. The molecule has 0 atom stereocenters. The standard InChI is InChI=1S/C7H6F3NO/c1-3-6(12)4(8)2-5(11-3)7(9)10/h2,7,12H,1H3. The zero-order chi connectivity index (χ0) is 9.30. The number of nitrogens with zero attached hydrogens (tertiary/aromatic N) is 1. The molecule has 2 nitrogen and oxygen atoms in total. The zero-order valence-corrected chi connectivity index (χ0v) is 6.18. The minimum atomic E-state index is -2.82. The van der Waals surface area contributed by atoms with Crippen LogP contribution in [0.4, 0.5) is 13.2 Å². The summed E-state index contributed by atoms with van der Waals surface area (Å²) in [5, 5.41) is 8.83. The maximum absolute atomic E-state index is 12.6. The molecule has 1 rings (SSSR count). The van der Waals surface area contributed by atoms with E-state index in [1.807, 2.05) is 0 Å². The molecule has 0 spiro atoms. The van der Waals surface area contributed by atoms with Crippen molar-refractivity contribution in [3.8, 4) is 5.75 Å². The molecule has 0 saturated heterocycles. The van der Waals surface area contributed by atoms with E-state index >= 15 is 0 Å². The monoisotopic (exact) mass is 177 g/mol. The van der Waals surface area contributed by atoms with Crippen LogP contribution in [-0.4, -0.2) is 10.1 Å². The molecule has 1 aromatic rings. The van der Waals surface area contributed by atoms with E-state index in [2.05, 4.69) is 4.98 Å². The molecule has 0 unspecified atom stereocenters. The van der Waals surface area contributed by atoms with Crippen molar-refractivity contribution in [2.24, 2.45) is 0 Å². The Hall–Kier alpha value is -1.26. The molecule has 1 aromatic heterocycles. The summed E-state index contributed by atoms with van der Waals surface area (Å²) in [6.07, 6.45) is -2.82. The maximum atomic E-state index is 12.6. The smallest absolute Gasteiger partial charge is 0.280 e. The van der Waals surface area contributed by atoms with E-state index < -0.39 is 23.7 Å². The van der Waals surface area contributed by atoms with Gasteiger partial charge in [0.25, 0.3) is 6.43 Å². The third-order valence-corrected chi connectivity index (χ3v) is 1.36. The van der Waals surface area contributed by atoms with E-state index in [4.69, 9.17) is 5.11 Å². The second-order valence-corrected chi connectivity index (χ2v) is 2.26. The maximum Gasteiger partial charge on any atom is 0.280 e. The summed E-state index contributed by atoms with van der Waals surface area (Å²) in [5.41, 5.74) is -0.798. The first-order chi connectivity index (χ1) is 5.52. The van der Waals surface area contributed by atoms with E-state index in [1.165, 1.54) is 6.92 Å². The van der Waals surface area contributed by atoms with E-state index in [9.17, 15) is 13.2 Å². The first-order valence-electron chi connectivity index (χ1n) is 3.16. The van der Waals surface area contributed by atoms with Gasteiger partial charge in [0.05, 0.1) is 5.69 Å². The lowest BCUT2D eigenvalue weighted by Gasteiger charge is -2.02. The SMILES string of the molecule is Cc1nc(C(F)F)cc(F)c1O. The second-order valence-electron chi connectivity index (χ2n) is 2.26. The van der Waals surface area contributed by atoms with Gasteiger partial charge in [-0.25, -0.2) is 18.2 Å². The quantitative estimate of drug-likeness (QED) is 0.713. The number of aromatic nitrogens is 1. The molecule has 0 saturated carbocycles. The minimum absolute atomic E-state index is 0.134. The van der Waals surface area contributed by atoms with Gasteiger partial charge in [-0.1, -0.05) is 0 Å². The van der Waals surface area contributed by atoms with Crippen molar-refractivity contribution >= 4 is 0 Å². The van der Waals surface area contributed by atoms with E-state index in [0.29, 0.717) is 6.07 Å². The highest BCUT2D eigenvalue weighted by Crippen LogP contribution is 2.24. The highest BCUT2D eigenvalue weighted by Gasteiger charge is 2.14. The van der Waals surface area contributed by atoms with Crippen LogP contribution >= 0.6 is 0 Å². The third-order valence-electron chi connectivity index (χ3n) is 1.36. The van der Waals surface area contributed by atoms with Crippen LogP contribution in [0, 0.1) is 12.7 Å². The molecule has 0 aliphatic rings. The van der Waals surface area contributed by atoms with Crippen molar-refractivity contribution < 1.29 is 18.3 Å². The summed E-state index contributed by atoms with van der Waals surface area (Å²) in [6, 6.07) is 0.521. The van der Waals surface area contributed by atoms with Gasteiger partial charge in [0, 0.05) is 6.07 Å². The summed E-state index contributed by atoms with van der Waals surface area (Å²) >= 11 is 0. The van der Waals surface area contributed by atoms with Gasteiger partial charge in [0.1, 0.15) is 5.69 Å². The molecule has 5 heteroatoms. The van der Waals surface area contributed by atoms with Gasteiger partial charge in [0.2, 0.25) is 0 Å². The number of rotatable bonds is 1. The van der Waals surface area contributed by atoms with Gasteiger partial charge in [0.15, 0.2) is 11.6 Å². The molecule has 0 radical (unpaired) electrons. The fraction of sp³-hybridized carbons (Fsp3) is 0.286. The van der Waals surface area contributed by atoms with Gasteiger partial charge >= 0.3 is 0 Å². The Morgan fingerprint density at radius 3 is 2.50 bits per heavy atom. The van der Waals surface area contributed by atoms with E-state index in [-0.39, 0.29) is 5.69 Å². The van der Waals surface area contributed by atoms with Crippen molar-refractivity contribution in [1.29, 1.82) is 0 Å². The Labute approximate surface area is 66.7 Å². The Kier molecular flexibility index (Phi) is 2.21. The number of halogens is 3. The number of pyridine rings is 1. The van der Waals surface area contributed by atoms with Gasteiger partial charge < -0.3 is 5.11 Å². The van der Waals surface area contributed by atoms with Crippen molar-refractivity contribution in [2.75, 3.05) is 0 Å². The Balaban J connectivity index is 3.21. The summed E-state index contributed by atoms with van der Waals surface area (Å²) in [6.45, 7) is 1.25. The molecule has 0 amide bonds. The van der Waals surface area contributed by atoms with Crippen LogP contribution < -0.4 is 0 Å². The number of hydrogen-bond acceptors (Lipinski definition) is 2. The van der Waals surface area contributed by atoms with E-state index in [1.54, 1.807) is 0 Å².